The fraction of sp³-hybridized carbons (Fsp3) is 0.933. The van der Waals surface area contributed by atoms with Gasteiger partial charge in [0.2, 0.25) is 0 Å². The van der Waals surface area contributed by atoms with Gasteiger partial charge in [-0.15, -0.1) is 0 Å². The van der Waals surface area contributed by atoms with E-state index in [-0.39, 0.29) is 0 Å². The quantitative estimate of drug-likeness (QED) is 0.549. The lowest BCUT2D eigenvalue weighted by Gasteiger charge is -2.34. The van der Waals surface area contributed by atoms with Crippen LogP contribution in [-0.4, -0.2) is 74.7 Å². The van der Waals surface area contributed by atoms with E-state index in [1.807, 2.05) is 6.92 Å². The SMILES string of the molecule is CCCC1(C(=O)O)CCCN1CCOCCOCCOC. The summed E-state index contributed by atoms with van der Waals surface area (Å²) in [6.07, 6.45) is 3.29. The van der Waals surface area contributed by atoms with Gasteiger partial charge in [0, 0.05) is 13.7 Å². The first-order valence-corrected chi connectivity index (χ1v) is 7.80. The van der Waals surface area contributed by atoms with Crippen molar-refractivity contribution in [3.63, 3.8) is 0 Å². The Morgan fingerprint density at radius 2 is 1.86 bits per heavy atom. The molecule has 0 aromatic heterocycles. The summed E-state index contributed by atoms with van der Waals surface area (Å²) < 4.78 is 15.7. The molecule has 124 valence electrons. The lowest BCUT2D eigenvalue weighted by Crippen LogP contribution is -2.51. The van der Waals surface area contributed by atoms with Gasteiger partial charge in [0.1, 0.15) is 5.54 Å². The van der Waals surface area contributed by atoms with E-state index < -0.39 is 11.5 Å². The Balaban J connectivity index is 2.22. The maximum absolute atomic E-state index is 11.6. The maximum Gasteiger partial charge on any atom is 0.324 e. The van der Waals surface area contributed by atoms with E-state index in [2.05, 4.69) is 4.90 Å². The molecule has 0 aromatic carbocycles. The Bertz CT molecular complexity index is 300. The molecule has 0 radical (unpaired) electrons. The van der Waals surface area contributed by atoms with E-state index in [0.717, 1.165) is 25.8 Å². The largest absolute Gasteiger partial charge is 0.480 e. The van der Waals surface area contributed by atoms with Crippen LogP contribution in [0.2, 0.25) is 0 Å². The molecule has 21 heavy (non-hydrogen) atoms. The lowest BCUT2D eigenvalue weighted by atomic mass is 9.91. The van der Waals surface area contributed by atoms with Crippen LogP contribution in [0.3, 0.4) is 0 Å². The number of ether oxygens (including phenoxy) is 3. The van der Waals surface area contributed by atoms with Crippen molar-refractivity contribution in [1.82, 2.24) is 4.90 Å². The average Bonchev–Trinajstić information content (AvgIpc) is 2.86. The highest BCUT2D eigenvalue weighted by Gasteiger charge is 2.46. The van der Waals surface area contributed by atoms with Crippen molar-refractivity contribution in [2.24, 2.45) is 0 Å². The molecule has 6 heteroatoms. The van der Waals surface area contributed by atoms with Crippen LogP contribution in [0.15, 0.2) is 0 Å². The van der Waals surface area contributed by atoms with Crippen LogP contribution < -0.4 is 0 Å². The normalized spacial score (nSPS) is 22.8. The topological polar surface area (TPSA) is 68.2 Å². The number of aliphatic carboxylic acids is 1. The molecular weight excluding hydrogens is 274 g/mol. The van der Waals surface area contributed by atoms with Gasteiger partial charge < -0.3 is 19.3 Å². The Kier molecular flexibility index (Phi) is 8.84. The molecular formula is C15H29NO5. The van der Waals surface area contributed by atoms with Gasteiger partial charge >= 0.3 is 5.97 Å². The summed E-state index contributed by atoms with van der Waals surface area (Å²) in [5.74, 6) is -0.690. The molecule has 0 aromatic rings. The standard InChI is InChI=1S/C15H29NO5/c1-3-5-15(14(17)18)6-4-7-16(15)8-9-20-12-13-21-11-10-19-2/h3-13H2,1-2H3,(H,17,18). The van der Waals surface area contributed by atoms with Crippen LogP contribution in [0.1, 0.15) is 32.6 Å². The van der Waals surface area contributed by atoms with E-state index in [0.29, 0.717) is 46.0 Å². The summed E-state index contributed by atoms with van der Waals surface area (Å²) in [4.78, 5) is 13.7. The van der Waals surface area contributed by atoms with E-state index in [4.69, 9.17) is 14.2 Å². The Labute approximate surface area is 127 Å². The smallest absolute Gasteiger partial charge is 0.324 e. The van der Waals surface area contributed by atoms with Crippen LogP contribution >= 0.6 is 0 Å². The minimum absolute atomic E-state index is 0.533. The predicted molar refractivity (Wildman–Crippen MR) is 79.6 cm³/mol. The van der Waals surface area contributed by atoms with E-state index in [1.165, 1.54) is 0 Å². The van der Waals surface area contributed by atoms with Crippen molar-refractivity contribution in [2.75, 3.05) is 53.2 Å². The minimum Gasteiger partial charge on any atom is -0.480 e. The van der Waals surface area contributed by atoms with Crippen molar-refractivity contribution in [1.29, 1.82) is 0 Å². The molecule has 1 saturated heterocycles. The van der Waals surface area contributed by atoms with Crippen LogP contribution in [-0.2, 0) is 19.0 Å². The lowest BCUT2D eigenvalue weighted by molar-refractivity contribution is -0.150. The highest BCUT2D eigenvalue weighted by molar-refractivity contribution is 5.79. The first kappa shape index (κ1) is 18.4. The van der Waals surface area contributed by atoms with Crippen molar-refractivity contribution in [2.45, 2.75) is 38.1 Å². The molecule has 0 bridgehead atoms. The number of hydrogen-bond acceptors (Lipinski definition) is 5. The molecule has 0 amide bonds. The second kappa shape index (κ2) is 10.1. The molecule has 1 atom stereocenters. The molecule has 1 aliphatic rings. The monoisotopic (exact) mass is 303 g/mol. The number of nitrogens with zero attached hydrogens (tertiary/aromatic N) is 1. The fourth-order valence-electron chi connectivity index (χ4n) is 2.95. The number of carboxylic acid groups (broad SMARTS) is 1. The van der Waals surface area contributed by atoms with Crippen LogP contribution in [0.5, 0.6) is 0 Å². The molecule has 1 rings (SSSR count). The maximum atomic E-state index is 11.6. The first-order valence-electron chi connectivity index (χ1n) is 7.80. The van der Waals surface area contributed by atoms with Gasteiger partial charge in [0.15, 0.2) is 0 Å². The zero-order valence-corrected chi connectivity index (χ0v) is 13.3. The molecule has 0 saturated carbocycles. The molecule has 1 N–H and O–H groups in total. The van der Waals surface area contributed by atoms with Crippen LogP contribution in [0, 0.1) is 0 Å². The summed E-state index contributed by atoms with van der Waals surface area (Å²) >= 11 is 0. The highest BCUT2D eigenvalue weighted by Crippen LogP contribution is 2.33. The minimum atomic E-state index is -0.690. The summed E-state index contributed by atoms with van der Waals surface area (Å²) in [6.45, 7) is 6.34. The molecule has 0 spiro atoms. The number of methoxy groups -OCH3 is 1. The number of hydrogen-bond donors (Lipinski definition) is 1. The number of rotatable bonds is 12. The fourth-order valence-corrected chi connectivity index (χ4v) is 2.95. The second-order valence-electron chi connectivity index (χ2n) is 5.39. The van der Waals surface area contributed by atoms with Gasteiger partial charge in [-0.25, -0.2) is 0 Å². The van der Waals surface area contributed by atoms with E-state index in [9.17, 15) is 9.90 Å². The first-order chi connectivity index (χ1) is 10.2. The van der Waals surface area contributed by atoms with Crippen LogP contribution in [0.25, 0.3) is 0 Å². The van der Waals surface area contributed by atoms with Crippen molar-refractivity contribution >= 4 is 5.97 Å². The second-order valence-corrected chi connectivity index (χ2v) is 5.39. The molecule has 1 fully saturated rings. The predicted octanol–water partition coefficient (Wildman–Crippen LogP) is 1.39. The highest BCUT2D eigenvalue weighted by atomic mass is 16.5. The van der Waals surface area contributed by atoms with E-state index >= 15 is 0 Å². The van der Waals surface area contributed by atoms with Gasteiger partial charge in [-0.2, -0.15) is 0 Å². The third-order valence-electron chi connectivity index (χ3n) is 3.99. The average molecular weight is 303 g/mol. The Morgan fingerprint density at radius 1 is 1.19 bits per heavy atom. The molecule has 6 nitrogen and oxygen atoms in total. The van der Waals surface area contributed by atoms with Gasteiger partial charge in [-0.1, -0.05) is 13.3 Å². The van der Waals surface area contributed by atoms with Gasteiger partial charge in [0.25, 0.3) is 0 Å². The van der Waals surface area contributed by atoms with Crippen molar-refractivity contribution in [3.05, 3.63) is 0 Å². The van der Waals surface area contributed by atoms with Crippen molar-refractivity contribution < 1.29 is 24.1 Å². The number of carboxylic acids is 1. The van der Waals surface area contributed by atoms with E-state index in [1.54, 1.807) is 7.11 Å². The molecule has 1 aliphatic heterocycles. The van der Waals surface area contributed by atoms with Crippen molar-refractivity contribution in [3.8, 4) is 0 Å². The van der Waals surface area contributed by atoms with Crippen LogP contribution in [0.4, 0.5) is 0 Å². The molecule has 0 aliphatic carbocycles. The Morgan fingerprint density at radius 3 is 2.48 bits per heavy atom. The van der Waals surface area contributed by atoms with Gasteiger partial charge in [-0.05, 0) is 25.8 Å². The van der Waals surface area contributed by atoms with Gasteiger partial charge in [0.05, 0.1) is 33.0 Å². The number of likely N-dealkylation sites (tertiary alicyclic amines) is 1. The number of carbonyl (C=O) groups is 1. The summed E-state index contributed by atoms with van der Waals surface area (Å²) in [5, 5.41) is 9.57. The molecule has 1 unspecified atom stereocenters. The summed E-state index contributed by atoms with van der Waals surface area (Å²) in [5.41, 5.74) is -0.674. The summed E-state index contributed by atoms with van der Waals surface area (Å²) in [6, 6.07) is 0. The Hall–Kier alpha value is -0.690. The molecule has 1 heterocycles. The zero-order valence-electron chi connectivity index (χ0n) is 13.3. The zero-order chi connectivity index (χ0) is 15.6. The van der Waals surface area contributed by atoms with Gasteiger partial charge in [-0.3, -0.25) is 9.69 Å². The third kappa shape index (κ3) is 5.54. The third-order valence-corrected chi connectivity index (χ3v) is 3.99. The summed E-state index contributed by atoms with van der Waals surface area (Å²) in [7, 11) is 1.64.